The summed E-state index contributed by atoms with van der Waals surface area (Å²) in [5.41, 5.74) is 2.50. The van der Waals surface area contributed by atoms with Gasteiger partial charge in [-0.25, -0.2) is 19.6 Å². The first kappa shape index (κ1) is 32.1. The van der Waals surface area contributed by atoms with E-state index in [2.05, 4.69) is 20.6 Å². The monoisotopic (exact) mass is 631 g/mol. The van der Waals surface area contributed by atoms with E-state index < -0.39 is 12.1 Å². The molecule has 238 valence electrons. The van der Waals surface area contributed by atoms with Crippen LogP contribution >= 0.6 is 11.8 Å². The summed E-state index contributed by atoms with van der Waals surface area (Å²) in [4.78, 5) is 56.5. The van der Waals surface area contributed by atoms with Crippen molar-refractivity contribution in [2.24, 2.45) is 13.0 Å². The van der Waals surface area contributed by atoms with Crippen molar-refractivity contribution in [2.45, 2.75) is 58.7 Å². The van der Waals surface area contributed by atoms with Crippen molar-refractivity contribution >= 4 is 40.6 Å². The smallest absolute Gasteiger partial charge is 0.256 e. The average Bonchev–Trinajstić information content (AvgIpc) is 3.59. The Kier molecular flexibility index (Phi) is 10.2. The highest BCUT2D eigenvalue weighted by molar-refractivity contribution is 7.98. The van der Waals surface area contributed by atoms with Crippen LogP contribution in [-0.4, -0.2) is 83.1 Å². The molecular formula is C32H41N9O3S. The van der Waals surface area contributed by atoms with Gasteiger partial charge in [-0.1, -0.05) is 44.2 Å². The van der Waals surface area contributed by atoms with Crippen LogP contribution in [-0.2, 0) is 23.2 Å². The van der Waals surface area contributed by atoms with Crippen LogP contribution in [0.15, 0.2) is 42.6 Å². The van der Waals surface area contributed by atoms with Gasteiger partial charge in [0.25, 0.3) is 5.91 Å². The number of pyridine rings is 1. The molecule has 0 bridgehead atoms. The third kappa shape index (κ3) is 7.19. The molecule has 2 atom stereocenters. The third-order valence-corrected chi connectivity index (χ3v) is 8.79. The minimum absolute atomic E-state index is 0.0273. The van der Waals surface area contributed by atoms with Gasteiger partial charge in [0.05, 0.1) is 18.2 Å². The molecule has 0 unspecified atom stereocenters. The summed E-state index contributed by atoms with van der Waals surface area (Å²) in [6.45, 7) is 6.91. The van der Waals surface area contributed by atoms with Crippen molar-refractivity contribution in [3.05, 3.63) is 59.8 Å². The topological polar surface area (TPSA) is 140 Å². The molecule has 0 saturated carbocycles. The Hall–Kier alpha value is -4.26. The molecule has 5 rings (SSSR count). The van der Waals surface area contributed by atoms with Gasteiger partial charge >= 0.3 is 0 Å². The zero-order valence-electron chi connectivity index (χ0n) is 26.5. The zero-order valence-corrected chi connectivity index (χ0v) is 27.3. The molecule has 0 fully saturated rings. The van der Waals surface area contributed by atoms with Crippen LogP contribution in [0.1, 0.15) is 61.2 Å². The van der Waals surface area contributed by atoms with Crippen molar-refractivity contribution in [1.82, 2.24) is 44.8 Å². The number of nitrogens with zero attached hydrogens (tertiary/aromatic N) is 7. The van der Waals surface area contributed by atoms with Gasteiger partial charge in [0.1, 0.15) is 17.4 Å². The number of hydrogen-bond donors (Lipinski definition) is 2. The Morgan fingerprint density at radius 3 is 2.58 bits per heavy atom. The molecule has 2 N–H and O–H groups in total. The highest BCUT2D eigenvalue weighted by Crippen LogP contribution is 2.25. The fourth-order valence-corrected chi connectivity index (χ4v) is 5.98. The normalized spacial score (nSPS) is 18.4. The molecular weight excluding hydrogens is 590 g/mol. The molecule has 3 amide bonds. The standard InChI is InChI=1S/C32H41N9O3S/c1-20(2)26-30-37-28(22-10-7-6-8-11-22)38-41(30)18-17-40(16-9-12-25(42)35-24(14-19-45-5)31(43)36-26)32(44)23-13-15-33-29-27(23)34-21(3)39(29)4/h6-8,10-11,13,15,20,24,26H,9,12,14,16-19H2,1-5H3,(H,35,42)(H,36,43)/t24-,26+/m0/s1. The molecule has 0 saturated heterocycles. The molecule has 1 aliphatic rings. The lowest BCUT2D eigenvalue weighted by molar-refractivity contribution is -0.129. The van der Waals surface area contributed by atoms with Crippen LogP contribution in [0.25, 0.3) is 22.6 Å². The lowest BCUT2D eigenvalue weighted by atomic mass is 10.0. The van der Waals surface area contributed by atoms with Crippen LogP contribution in [0.3, 0.4) is 0 Å². The maximum atomic E-state index is 14.1. The number of fused-ring (bicyclic) bond motifs is 2. The third-order valence-electron chi connectivity index (χ3n) is 8.15. The summed E-state index contributed by atoms with van der Waals surface area (Å²) in [6.07, 6.45) is 4.71. The van der Waals surface area contributed by atoms with Crippen LogP contribution in [0.4, 0.5) is 0 Å². The lowest BCUT2D eigenvalue weighted by Crippen LogP contribution is -2.49. The van der Waals surface area contributed by atoms with Gasteiger partial charge in [-0.2, -0.15) is 16.9 Å². The van der Waals surface area contributed by atoms with E-state index >= 15 is 0 Å². The first-order valence-electron chi connectivity index (χ1n) is 15.3. The molecule has 13 heteroatoms. The van der Waals surface area contributed by atoms with Crippen LogP contribution in [0, 0.1) is 12.8 Å². The number of imidazole rings is 1. The largest absolute Gasteiger partial charge is 0.344 e. The van der Waals surface area contributed by atoms with E-state index in [0.29, 0.717) is 66.6 Å². The van der Waals surface area contributed by atoms with Gasteiger partial charge in [-0.05, 0) is 43.8 Å². The Bertz CT molecular complexity index is 1670. The second kappa shape index (κ2) is 14.2. The van der Waals surface area contributed by atoms with Crippen molar-refractivity contribution in [1.29, 1.82) is 0 Å². The molecule has 12 nitrogen and oxygen atoms in total. The summed E-state index contributed by atoms with van der Waals surface area (Å²) in [7, 11) is 1.87. The molecule has 0 radical (unpaired) electrons. The highest BCUT2D eigenvalue weighted by atomic mass is 32.2. The molecule has 1 aliphatic heterocycles. The predicted octanol–water partition coefficient (Wildman–Crippen LogP) is 3.52. The first-order valence-corrected chi connectivity index (χ1v) is 16.7. The van der Waals surface area contributed by atoms with Crippen molar-refractivity contribution in [2.75, 3.05) is 25.1 Å². The number of carbonyl (C=O) groups is 3. The number of rotatable bonds is 6. The minimum atomic E-state index is -0.686. The van der Waals surface area contributed by atoms with E-state index in [9.17, 15) is 14.4 Å². The summed E-state index contributed by atoms with van der Waals surface area (Å²) >= 11 is 1.62. The van der Waals surface area contributed by atoms with E-state index in [1.54, 1.807) is 28.9 Å². The first-order chi connectivity index (χ1) is 21.7. The number of aromatic nitrogens is 6. The second-order valence-electron chi connectivity index (χ2n) is 11.7. The molecule has 1 aromatic carbocycles. The fraction of sp³-hybridized carbons (Fsp3) is 0.469. The predicted molar refractivity (Wildman–Crippen MR) is 174 cm³/mol. The zero-order chi connectivity index (χ0) is 32.1. The van der Waals surface area contributed by atoms with Gasteiger partial charge in [0.2, 0.25) is 11.8 Å². The van der Waals surface area contributed by atoms with Crippen LogP contribution in [0.2, 0.25) is 0 Å². The molecule has 4 aromatic rings. The molecule has 4 heterocycles. The number of hydrogen-bond acceptors (Lipinski definition) is 8. The average molecular weight is 632 g/mol. The van der Waals surface area contributed by atoms with Crippen LogP contribution < -0.4 is 10.6 Å². The summed E-state index contributed by atoms with van der Waals surface area (Å²) in [5, 5.41) is 11.0. The SMILES string of the molecule is CSCC[C@@H]1NC(=O)CCCN(C(=O)c2ccnc3c2nc(C)n3C)CCn2nc(-c3ccccc3)nc2[C@@H](C(C)C)NC1=O. The van der Waals surface area contributed by atoms with E-state index in [0.717, 1.165) is 11.4 Å². The van der Waals surface area contributed by atoms with Gasteiger partial charge in [0.15, 0.2) is 17.3 Å². The van der Waals surface area contributed by atoms with Crippen molar-refractivity contribution in [3.63, 3.8) is 0 Å². The van der Waals surface area contributed by atoms with E-state index in [-0.39, 0.29) is 30.1 Å². The Balaban J connectivity index is 1.55. The number of nitrogens with one attached hydrogen (secondary N) is 2. The van der Waals surface area contributed by atoms with E-state index in [1.165, 1.54) is 0 Å². The second-order valence-corrected chi connectivity index (χ2v) is 12.6. The highest BCUT2D eigenvalue weighted by Gasteiger charge is 2.30. The molecule has 3 aromatic heterocycles. The molecule has 0 aliphatic carbocycles. The van der Waals surface area contributed by atoms with Gasteiger partial charge in [-0.3, -0.25) is 14.4 Å². The Morgan fingerprint density at radius 1 is 1.07 bits per heavy atom. The summed E-state index contributed by atoms with van der Waals surface area (Å²) in [6, 6.07) is 10.2. The number of aryl methyl sites for hydroxylation is 2. The van der Waals surface area contributed by atoms with E-state index in [4.69, 9.17) is 10.1 Å². The van der Waals surface area contributed by atoms with Crippen molar-refractivity contribution in [3.8, 4) is 11.4 Å². The summed E-state index contributed by atoms with van der Waals surface area (Å²) < 4.78 is 3.67. The quantitative estimate of drug-likeness (QED) is 0.330. The number of carbonyl (C=O) groups excluding carboxylic acids is 3. The van der Waals surface area contributed by atoms with E-state index in [1.807, 2.05) is 73.7 Å². The van der Waals surface area contributed by atoms with Gasteiger partial charge in [-0.15, -0.1) is 0 Å². The van der Waals surface area contributed by atoms with Gasteiger partial charge < -0.3 is 20.1 Å². The number of amides is 3. The lowest BCUT2D eigenvalue weighted by Gasteiger charge is -2.28. The maximum absolute atomic E-state index is 14.1. The van der Waals surface area contributed by atoms with Gasteiger partial charge in [0, 0.05) is 38.3 Å². The Labute approximate surface area is 267 Å². The molecule has 0 spiro atoms. The number of thioether (sulfide) groups is 1. The molecule has 45 heavy (non-hydrogen) atoms. The maximum Gasteiger partial charge on any atom is 0.256 e. The minimum Gasteiger partial charge on any atom is -0.344 e. The summed E-state index contributed by atoms with van der Waals surface area (Å²) in [5.74, 6) is 1.94. The Morgan fingerprint density at radius 2 is 1.84 bits per heavy atom. The van der Waals surface area contributed by atoms with Crippen LogP contribution in [0.5, 0.6) is 0 Å². The fourth-order valence-electron chi connectivity index (χ4n) is 5.50. The van der Waals surface area contributed by atoms with Crippen molar-refractivity contribution < 1.29 is 14.4 Å². The number of benzene rings is 1.